The summed E-state index contributed by atoms with van der Waals surface area (Å²) in [7, 11) is 1.24. The summed E-state index contributed by atoms with van der Waals surface area (Å²) in [5, 5.41) is 7.19. The fourth-order valence-electron chi connectivity index (χ4n) is 3.29. The fraction of sp³-hybridized carbons (Fsp3) is 0.263. The van der Waals surface area contributed by atoms with Gasteiger partial charge in [-0.2, -0.15) is 13.2 Å². The van der Waals surface area contributed by atoms with Gasteiger partial charge in [0.05, 0.1) is 23.9 Å². The summed E-state index contributed by atoms with van der Waals surface area (Å²) in [5.74, 6) is -0.342. The molecule has 0 unspecified atom stereocenters. The van der Waals surface area contributed by atoms with Gasteiger partial charge in [0.1, 0.15) is 5.75 Å². The van der Waals surface area contributed by atoms with Gasteiger partial charge < -0.3 is 10.1 Å². The Morgan fingerprint density at radius 2 is 2.00 bits per heavy atom. The number of methoxy groups -OCH3 is 1. The number of rotatable bonds is 3. The molecule has 0 saturated heterocycles. The zero-order valence-electron chi connectivity index (χ0n) is 15.2. The lowest BCUT2D eigenvalue weighted by molar-refractivity contribution is -0.138. The standard InChI is InChI=1S/C19H16F3IN4O2/c1-29-16-8-14(19(20,21)22)15(23)7-13(16)17(28)27(18-25-26-18)12-3-2-10-4-5-24-9-11(10)6-12/h2-3,6-8,24H,4-5,9H2,1H3,(H,25,26). The number of amides is 1. The number of hydrogen-bond donors (Lipinski definition) is 2. The summed E-state index contributed by atoms with van der Waals surface area (Å²) in [4.78, 5) is 14.7. The van der Waals surface area contributed by atoms with Crippen molar-refractivity contribution in [2.75, 3.05) is 18.6 Å². The van der Waals surface area contributed by atoms with E-state index in [4.69, 9.17) is 4.74 Å². The first-order valence-corrected chi connectivity index (χ1v) is 9.83. The first kappa shape index (κ1) is 20.0. The van der Waals surface area contributed by atoms with E-state index in [9.17, 15) is 18.0 Å². The summed E-state index contributed by atoms with van der Waals surface area (Å²) in [6, 6.07) is 7.71. The first-order valence-electron chi connectivity index (χ1n) is 8.75. The number of anilines is 1. The van der Waals surface area contributed by atoms with Gasteiger partial charge in [-0.05, 0) is 70.9 Å². The van der Waals surface area contributed by atoms with Crippen molar-refractivity contribution in [1.82, 2.24) is 10.7 Å². The van der Waals surface area contributed by atoms with Crippen LogP contribution in [0, 0.1) is 3.57 Å². The Labute approximate surface area is 178 Å². The van der Waals surface area contributed by atoms with Crippen molar-refractivity contribution < 1.29 is 22.7 Å². The van der Waals surface area contributed by atoms with Crippen LogP contribution in [0.1, 0.15) is 27.0 Å². The highest BCUT2D eigenvalue weighted by Crippen LogP contribution is 2.37. The molecule has 0 atom stereocenters. The summed E-state index contributed by atoms with van der Waals surface area (Å²) in [6.45, 7) is 1.58. The molecule has 0 aliphatic carbocycles. The number of halogens is 4. The minimum absolute atomic E-state index is 0.0251. The van der Waals surface area contributed by atoms with E-state index in [1.807, 2.05) is 18.2 Å². The zero-order valence-corrected chi connectivity index (χ0v) is 17.4. The van der Waals surface area contributed by atoms with Crippen LogP contribution in [0.4, 0.5) is 18.9 Å². The third-order valence-corrected chi connectivity index (χ3v) is 5.68. The highest BCUT2D eigenvalue weighted by Gasteiger charge is 2.36. The summed E-state index contributed by atoms with van der Waals surface area (Å²) < 4.78 is 44.7. The molecule has 4 rings (SSSR count). The molecule has 10 heteroatoms. The van der Waals surface area contributed by atoms with Crippen LogP contribution in [0.5, 0.6) is 5.75 Å². The van der Waals surface area contributed by atoms with Crippen molar-refractivity contribution in [2.24, 2.45) is 5.10 Å². The summed E-state index contributed by atoms with van der Waals surface area (Å²) >= 11 is 1.58. The molecule has 2 aromatic rings. The molecule has 2 aromatic carbocycles. The van der Waals surface area contributed by atoms with E-state index >= 15 is 0 Å². The number of nitrogens with one attached hydrogen (secondary N) is 2. The Kier molecular flexibility index (Phi) is 5.15. The lowest BCUT2D eigenvalue weighted by atomic mass is 10.00. The van der Waals surface area contributed by atoms with Crippen molar-refractivity contribution >= 4 is 40.1 Å². The van der Waals surface area contributed by atoms with Crippen LogP contribution in [-0.2, 0) is 19.1 Å². The molecule has 1 amide bonds. The largest absolute Gasteiger partial charge is 0.496 e. The first-order chi connectivity index (χ1) is 13.8. The van der Waals surface area contributed by atoms with E-state index in [1.165, 1.54) is 23.6 Å². The minimum atomic E-state index is -4.54. The van der Waals surface area contributed by atoms with E-state index in [1.54, 1.807) is 22.6 Å². The van der Waals surface area contributed by atoms with E-state index in [0.29, 0.717) is 18.2 Å². The molecule has 152 valence electrons. The van der Waals surface area contributed by atoms with Crippen LogP contribution in [0.3, 0.4) is 0 Å². The van der Waals surface area contributed by atoms with Gasteiger partial charge >= 0.3 is 6.18 Å². The average Bonchev–Trinajstić information content (AvgIpc) is 3.52. The van der Waals surface area contributed by atoms with Crippen molar-refractivity contribution in [3.05, 3.63) is 56.2 Å². The number of ether oxygens (including phenoxy) is 1. The normalized spacial score (nSPS) is 15.1. The highest BCUT2D eigenvalue weighted by atomic mass is 127. The lowest BCUT2D eigenvalue weighted by Gasteiger charge is -2.23. The lowest BCUT2D eigenvalue weighted by Crippen LogP contribution is -2.36. The number of benzene rings is 2. The predicted molar refractivity (Wildman–Crippen MR) is 110 cm³/mol. The Hall–Kier alpha value is -2.34. The van der Waals surface area contributed by atoms with E-state index in [0.717, 1.165) is 24.6 Å². The molecule has 0 aromatic heterocycles. The number of fused-ring (bicyclic) bond motifs is 1. The van der Waals surface area contributed by atoms with Crippen molar-refractivity contribution in [2.45, 2.75) is 19.1 Å². The third kappa shape index (κ3) is 3.90. The monoisotopic (exact) mass is 516 g/mol. The Morgan fingerprint density at radius 3 is 2.66 bits per heavy atom. The van der Waals surface area contributed by atoms with Crippen LogP contribution in [0.25, 0.3) is 0 Å². The molecule has 0 bridgehead atoms. The van der Waals surface area contributed by atoms with Crippen molar-refractivity contribution in [1.29, 1.82) is 0 Å². The van der Waals surface area contributed by atoms with Gasteiger partial charge in [0.25, 0.3) is 5.91 Å². The molecular formula is C19H16F3IN4O2. The maximum atomic E-state index is 13.3. The second-order valence-corrected chi connectivity index (χ2v) is 7.76. The minimum Gasteiger partial charge on any atom is -0.496 e. The summed E-state index contributed by atoms with van der Waals surface area (Å²) in [5.41, 5.74) is 4.69. The molecule has 0 radical (unpaired) electrons. The van der Waals surface area contributed by atoms with Crippen LogP contribution in [-0.4, -0.2) is 25.5 Å². The SMILES string of the molecule is COc1cc(C(F)(F)F)c(I)cc1C(=O)N(C1=NN1)c1ccc2c(c1)CNCC2. The van der Waals surface area contributed by atoms with E-state index < -0.39 is 17.6 Å². The number of carbonyl (C=O) groups is 1. The maximum Gasteiger partial charge on any atom is 0.417 e. The number of carbonyl (C=O) groups excluding carboxylic acids is 1. The van der Waals surface area contributed by atoms with Crippen LogP contribution < -0.4 is 20.4 Å². The Balaban J connectivity index is 1.75. The zero-order chi connectivity index (χ0) is 20.8. The Bertz CT molecular complexity index is 1020. The smallest absolute Gasteiger partial charge is 0.417 e. The summed E-state index contributed by atoms with van der Waals surface area (Å²) in [6.07, 6.45) is -3.65. The van der Waals surface area contributed by atoms with Gasteiger partial charge in [-0.1, -0.05) is 6.07 Å². The molecule has 0 spiro atoms. The Morgan fingerprint density at radius 1 is 1.24 bits per heavy atom. The second-order valence-electron chi connectivity index (χ2n) is 6.60. The molecule has 2 heterocycles. The molecule has 0 fully saturated rings. The molecule has 6 nitrogen and oxygen atoms in total. The predicted octanol–water partition coefficient (Wildman–Crippen LogP) is 3.49. The molecular weight excluding hydrogens is 500 g/mol. The number of alkyl halides is 3. The van der Waals surface area contributed by atoms with Gasteiger partial charge in [-0.3, -0.25) is 4.79 Å². The number of hydrogen-bond acceptors (Lipinski definition) is 5. The van der Waals surface area contributed by atoms with E-state index in [-0.39, 0.29) is 14.9 Å². The van der Waals surface area contributed by atoms with Crippen LogP contribution in [0.15, 0.2) is 35.4 Å². The topological polar surface area (TPSA) is 75.9 Å². The van der Waals surface area contributed by atoms with Gasteiger partial charge in [-0.15, -0.1) is 5.10 Å². The molecule has 2 N–H and O–H groups in total. The quantitative estimate of drug-likeness (QED) is 0.613. The van der Waals surface area contributed by atoms with Gasteiger partial charge in [0, 0.05) is 10.1 Å². The molecule has 29 heavy (non-hydrogen) atoms. The van der Waals surface area contributed by atoms with E-state index in [2.05, 4.69) is 15.8 Å². The van der Waals surface area contributed by atoms with Crippen LogP contribution >= 0.6 is 22.6 Å². The van der Waals surface area contributed by atoms with Gasteiger partial charge in [0.2, 0.25) is 5.96 Å². The highest BCUT2D eigenvalue weighted by molar-refractivity contribution is 14.1. The van der Waals surface area contributed by atoms with Crippen LogP contribution in [0.2, 0.25) is 0 Å². The van der Waals surface area contributed by atoms with Crippen molar-refractivity contribution in [3.63, 3.8) is 0 Å². The van der Waals surface area contributed by atoms with Crippen molar-refractivity contribution in [3.8, 4) is 5.75 Å². The number of nitrogens with zero attached hydrogens (tertiary/aromatic N) is 2. The third-order valence-electron chi connectivity index (χ3n) is 4.79. The number of hydrazone groups is 1. The number of guanidine groups is 1. The molecule has 0 saturated carbocycles. The fourth-order valence-corrected chi connectivity index (χ4v) is 4.07. The molecule has 2 aliphatic rings. The van der Waals surface area contributed by atoms with Gasteiger partial charge in [0.15, 0.2) is 0 Å². The molecule has 2 aliphatic heterocycles. The average molecular weight is 516 g/mol. The maximum absolute atomic E-state index is 13.3. The van der Waals surface area contributed by atoms with Gasteiger partial charge in [-0.25, -0.2) is 10.3 Å². The second kappa shape index (κ2) is 7.48.